The molecule has 0 aliphatic rings. The van der Waals surface area contributed by atoms with Gasteiger partial charge in [-0.05, 0) is 42.5 Å². The molecule has 2 aromatic carbocycles. The zero-order valence-corrected chi connectivity index (χ0v) is 18.2. The van der Waals surface area contributed by atoms with Crippen LogP contribution in [0.15, 0.2) is 52.4 Å². The van der Waals surface area contributed by atoms with Gasteiger partial charge in [0.25, 0.3) is 5.56 Å². The van der Waals surface area contributed by atoms with E-state index in [9.17, 15) is 9.59 Å². The highest BCUT2D eigenvalue weighted by atomic mass is 35.5. The summed E-state index contributed by atoms with van der Waals surface area (Å²) < 4.78 is 8.63. The standard InChI is InChI=1S/C21H19ClN4O3S/c1-25-16-9-8-14(29-3)10-15(16)18-19(25)20(28)26(2)21(24-18)30-11-17(27)23-13-6-4-12(22)5-7-13/h4-10H,11H2,1-3H3,(H,23,27). The van der Waals surface area contributed by atoms with Gasteiger partial charge in [0.05, 0.1) is 18.4 Å². The Hall–Kier alpha value is -2.97. The number of hydrogen-bond donors (Lipinski definition) is 1. The van der Waals surface area contributed by atoms with Crippen molar-refractivity contribution in [3.63, 3.8) is 0 Å². The Labute approximate surface area is 181 Å². The first-order valence-corrected chi connectivity index (χ1v) is 10.5. The van der Waals surface area contributed by atoms with Crippen molar-refractivity contribution in [2.24, 2.45) is 14.1 Å². The number of benzene rings is 2. The number of hydrogen-bond acceptors (Lipinski definition) is 5. The Balaban J connectivity index is 1.66. The number of carbonyl (C=O) groups excluding carboxylic acids is 1. The molecule has 30 heavy (non-hydrogen) atoms. The van der Waals surface area contributed by atoms with Gasteiger partial charge >= 0.3 is 0 Å². The summed E-state index contributed by atoms with van der Waals surface area (Å²) in [6.07, 6.45) is 0. The molecule has 9 heteroatoms. The number of thioether (sulfide) groups is 1. The second kappa shape index (κ2) is 8.04. The van der Waals surface area contributed by atoms with Crippen molar-refractivity contribution in [1.29, 1.82) is 0 Å². The minimum absolute atomic E-state index is 0.114. The van der Waals surface area contributed by atoms with Gasteiger partial charge in [-0.3, -0.25) is 14.2 Å². The molecule has 0 fully saturated rings. The maximum Gasteiger partial charge on any atom is 0.278 e. The smallest absolute Gasteiger partial charge is 0.278 e. The van der Waals surface area contributed by atoms with Crippen LogP contribution in [0.3, 0.4) is 0 Å². The summed E-state index contributed by atoms with van der Waals surface area (Å²) in [5.74, 6) is 0.605. The molecule has 2 aromatic heterocycles. The molecule has 0 bridgehead atoms. The molecule has 0 saturated carbocycles. The average Bonchev–Trinajstić information content (AvgIpc) is 3.02. The van der Waals surface area contributed by atoms with Crippen molar-refractivity contribution >= 4 is 56.9 Å². The number of ether oxygens (including phenoxy) is 1. The van der Waals surface area contributed by atoms with Gasteiger partial charge in [0.1, 0.15) is 16.8 Å². The van der Waals surface area contributed by atoms with E-state index in [1.54, 1.807) is 38.4 Å². The Kier molecular flexibility index (Phi) is 5.44. The van der Waals surface area contributed by atoms with Gasteiger partial charge in [-0.1, -0.05) is 23.4 Å². The molecule has 4 aromatic rings. The monoisotopic (exact) mass is 442 g/mol. The third kappa shape index (κ3) is 3.64. The Morgan fingerprint density at radius 1 is 1.17 bits per heavy atom. The lowest BCUT2D eigenvalue weighted by Crippen LogP contribution is -2.22. The number of fused-ring (bicyclic) bond motifs is 3. The molecule has 4 rings (SSSR count). The van der Waals surface area contributed by atoms with Crippen LogP contribution in [0.25, 0.3) is 21.9 Å². The minimum atomic E-state index is -0.198. The van der Waals surface area contributed by atoms with Crippen LogP contribution in [-0.4, -0.2) is 32.9 Å². The number of aromatic nitrogens is 3. The molecule has 1 amide bonds. The van der Waals surface area contributed by atoms with E-state index in [2.05, 4.69) is 5.32 Å². The summed E-state index contributed by atoms with van der Waals surface area (Å²) >= 11 is 7.07. The van der Waals surface area contributed by atoms with Crippen LogP contribution >= 0.6 is 23.4 Å². The Morgan fingerprint density at radius 2 is 1.90 bits per heavy atom. The normalized spacial score (nSPS) is 11.2. The fourth-order valence-corrected chi connectivity index (χ4v) is 4.19. The van der Waals surface area contributed by atoms with Crippen LogP contribution in [0, 0.1) is 0 Å². The third-order valence-electron chi connectivity index (χ3n) is 4.84. The topological polar surface area (TPSA) is 78.2 Å². The summed E-state index contributed by atoms with van der Waals surface area (Å²) in [7, 11) is 5.10. The molecule has 0 radical (unpaired) electrons. The second-order valence-electron chi connectivity index (χ2n) is 6.74. The first-order valence-electron chi connectivity index (χ1n) is 9.10. The SMILES string of the molecule is COc1ccc2c(c1)c1nc(SCC(=O)Nc3ccc(Cl)cc3)n(C)c(=O)c1n2C. The number of nitrogens with zero attached hydrogens (tertiary/aromatic N) is 3. The fraction of sp³-hybridized carbons (Fsp3) is 0.190. The molecule has 0 aliphatic heterocycles. The van der Waals surface area contributed by atoms with Crippen molar-refractivity contribution in [3.8, 4) is 5.75 Å². The molecular weight excluding hydrogens is 424 g/mol. The van der Waals surface area contributed by atoms with Gasteiger partial charge in [-0.2, -0.15) is 0 Å². The van der Waals surface area contributed by atoms with E-state index in [0.29, 0.717) is 32.6 Å². The van der Waals surface area contributed by atoms with Crippen LogP contribution in [0.1, 0.15) is 0 Å². The van der Waals surface area contributed by atoms with E-state index in [1.165, 1.54) is 16.3 Å². The van der Waals surface area contributed by atoms with Crippen LogP contribution in [-0.2, 0) is 18.9 Å². The zero-order valence-electron chi connectivity index (χ0n) is 16.6. The van der Waals surface area contributed by atoms with Gasteiger partial charge in [-0.15, -0.1) is 0 Å². The maximum absolute atomic E-state index is 13.0. The first-order chi connectivity index (χ1) is 14.4. The van der Waals surface area contributed by atoms with Crippen LogP contribution in [0.4, 0.5) is 5.69 Å². The highest BCUT2D eigenvalue weighted by molar-refractivity contribution is 7.99. The summed E-state index contributed by atoms with van der Waals surface area (Å²) in [5.41, 5.74) is 2.48. The molecule has 7 nitrogen and oxygen atoms in total. The number of amides is 1. The van der Waals surface area contributed by atoms with E-state index < -0.39 is 0 Å². The molecule has 1 N–H and O–H groups in total. The van der Waals surface area contributed by atoms with Gasteiger partial charge in [-0.25, -0.2) is 4.98 Å². The zero-order chi connectivity index (χ0) is 21.4. The molecule has 154 valence electrons. The number of carbonyl (C=O) groups is 1. The molecule has 0 spiro atoms. The average molecular weight is 443 g/mol. The molecule has 2 heterocycles. The number of methoxy groups -OCH3 is 1. The first kappa shape index (κ1) is 20.3. The molecule has 0 atom stereocenters. The van der Waals surface area contributed by atoms with Crippen molar-refractivity contribution in [2.75, 3.05) is 18.2 Å². The molecular formula is C21H19ClN4O3S. The lowest BCUT2D eigenvalue weighted by molar-refractivity contribution is -0.113. The van der Waals surface area contributed by atoms with E-state index in [1.807, 2.05) is 29.8 Å². The van der Waals surface area contributed by atoms with Gasteiger partial charge < -0.3 is 14.6 Å². The van der Waals surface area contributed by atoms with Crippen molar-refractivity contribution in [1.82, 2.24) is 14.1 Å². The van der Waals surface area contributed by atoms with Crippen LogP contribution in [0.5, 0.6) is 5.75 Å². The number of halogens is 1. The Bertz CT molecular complexity index is 1330. The van der Waals surface area contributed by atoms with Crippen molar-refractivity contribution < 1.29 is 9.53 Å². The van der Waals surface area contributed by atoms with Gasteiger partial charge in [0, 0.05) is 30.2 Å². The largest absolute Gasteiger partial charge is 0.497 e. The van der Waals surface area contributed by atoms with E-state index in [-0.39, 0.29) is 17.2 Å². The number of aryl methyl sites for hydroxylation is 1. The van der Waals surface area contributed by atoms with Crippen molar-refractivity contribution in [2.45, 2.75) is 5.16 Å². The second-order valence-corrected chi connectivity index (χ2v) is 8.12. The van der Waals surface area contributed by atoms with Crippen molar-refractivity contribution in [3.05, 3.63) is 57.8 Å². The quantitative estimate of drug-likeness (QED) is 0.375. The van der Waals surface area contributed by atoms with Crippen LogP contribution < -0.4 is 15.6 Å². The van der Waals surface area contributed by atoms with E-state index in [0.717, 1.165) is 10.9 Å². The van der Waals surface area contributed by atoms with Gasteiger partial charge in [0.15, 0.2) is 5.16 Å². The summed E-state index contributed by atoms with van der Waals surface area (Å²) in [4.78, 5) is 30.0. The number of anilines is 1. The predicted molar refractivity (Wildman–Crippen MR) is 121 cm³/mol. The predicted octanol–water partition coefficient (Wildman–Crippen LogP) is 3.82. The Morgan fingerprint density at radius 3 is 2.60 bits per heavy atom. The maximum atomic E-state index is 13.0. The summed E-state index contributed by atoms with van der Waals surface area (Å²) in [6, 6.07) is 12.5. The summed E-state index contributed by atoms with van der Waals surface area (Å²) in [6.45, 7) is 0. The lowest BCUT2D eigenvalue weighted by atomic mass is 10.2. The van der Waals surface area contributed by atoms with Crippen LogP contribution in [0.2, 0.25) is 5.02 Å². The molecule has 0 saturated heterocycles. The number of rotatable bonds is 5. The third-order valence-corrected chi connectivity index (χ3v) is 6.12. The fourth-order valence-electron chi connectivity index (χ4n) is 3.29. The number of nitrogens with one attached hydrogen (secondary N) is 1. The molecule has 0 aliphatic carbocycles. The highest BCUT2D eigenvalue weighted by Crippen LogP contribution is 2.29. The van der Waals surface area contributed by atoms with E-state index >= 15 is 0 Å². The molecule has 0 unspecified atom stereocenters. The lowest BCUT2D eigenvalue weighted by Gasteiger charge is -2.08. The highest BCUT2D eigenvalue weighted by Gasteiger charge is 2.18. The minimum Gasteiger partial charge on any atom is -0.497 e. The van der Waals surface area contributed by atoms with Gasteiger partial charge in [0.2, 0.25) is 5.91 Å². The summed E-state index contributed by atoms with van der Waals surface area (Å²) in [5, 5.41) is 4.70. The van der Waals surface area contributed by atoms with E-state index in [4.69, 9.17) is 21.3 Å².